The summed E-state index contributed by atoms with van der Waals surface area (Å²) in [6.45, 7) is 0. The smallest absolute Gasteiger partial charge is 0.242 e. The SMILES string of the molecule is CN(C)S(=O)(=O)c1ccc(C(=O)C=Cc2cccc(Br)c2)cc1. The highest BCUT2D eigenvalue weighted by molar-refractivity contribution is 9.10. The van der Waals surface area contributed by atoms with Crippen LogP contribution in [0.25, 0.3) is 6.08 Å². The number of benzene rings is 2. The van der Waals surface area contributed by atoms with E-state index in [-0.39, 0.29) is 10.7 Å². The van der Waals surface area contributed by atoms with Gasteiger partial charge in [-0.05, 0) is 48.0 Å². The quantitative estimate of drug-likeness (QED) is 0.575. The van der Waals surface area contributed by atoms with Crippen molar-refractivity contribution < 1.29 is 13.2 Å². The minimum Gasteiger partial charge on any atom is -0.289 e. The van der Waals surface area contributed by atoms with Gasteiger partial charge in [-0.3, -0.25) is 4.79 Å². The molecule has 4 nitrogen and oxygen atoms in total. The second-order valence-corrected chi connectivity index (χ2v) is 8.13. The van der Waals surface area contributed by atoms with E-state index in [4.69, 9.17) is 0 Å². The third-order valence-corrected chi connectivity index (χ3v) is 5.52. The van der Waals surface area contributed by atoms with E-state index >= 15 is 0 Å². The zero-order chi connectivity index (χ0) is 17.0. The van der Waals surface area contributed by atoms with Crippen LogP contribution in [0.4, 0.5) is 0 Å². The van der Waals surface area contributed by atoms with Gasteiger partial charge in [0.2, 0.25) is 10.0 Å². The number of carbonyl (C=O) groups is 1. The molecule has 0 bridgehead atoms. The molecule has 0 fully saturated rings. The van der Waals surface area contributed by atoms with Crippen LogP contribution in [0.3, 0.4) is 0 Å². The van der Waals surface area contributed by atoms with Gasteiger partial charge in [-0.2, -0.15) is 0 Å². The molecule has 0 N–H and O–H groups in total. The number of hydrogen-bond acceptors (Lipinski definition) is 3. The van der Waals surface area contributed by atoms with Crippen LogP contribution in [0.2, 0.25) is 0 Å². The molecule has 0 radical (unpaired) electrons. The molecule has 6 heteroatoms. The Balaban J connectivity index is 2.18. The molecule has 0 aliphatic heterocycles. The first-order valence-electron chi connectivity index (χ1n) is 6.81. The molecule has 0 aromatic heterocycles. The average molecular weight is 394 g/mol. The lowest BCUT2D eigenvalue weighted by Gasteiger charge is -2.11. The number of hydrogen-bond donors (Lipinski definition) is 0. The Hall–Kier alpha value is -1.76. The Bertz CT molecular complexity index is 840. The topological polar surface area (TPSA) is 54.5 Å². The number of halogens is 1. The van der Waals surface area contributed by atoms with E-state index < -0.39 is 10.0 Å². The van der Waals surface area contributed by atoms with E-state index in [2.05, 4.69) is 15.9 Å². The lowest BCUT2D eigenvalue weighted by Crippen LogP contribution is -2.22. The van der Waals surface area contributed by atoms with Crippen molar-refractivity contribution >= 4 is 37.8 Å². The summed E-state index contributed by atoms with van der Waals surface area (Å²) in [7, 11) is -0.546. The number of sulfonamides is 1. The maximum atomic E-state index is 12.1. The predicted molar refractivity (Wildman–Crippen MR) is 94.8 cm³/mol. The Morgan fingerprint density at radius 3 is 2.30 bits per heavy atom. The summed E-state index contributed by atoms with van der Waals surface area (Å²) >= 11 is 3.37. The van der Waals surface area contributed by atoms with Crippen molar-refractivity contribution in [3.8, 4) is 0 Å². The maximum Gasteiger partial charge on any atom is 0.242 e. The zero-order valence-electron chi connectivity index (χ0n) is 12.7. The van der Waals surface area contributed by atoms with E-state index in [0.717, 1.165) is 14.3 Å². The maximum absolute atomic E-state index is 12.1. The molecular formula is C17H16BrNO3S. The summed E-state index contributed by atoms with van der Waals surface area (Å²) in [6, 6.07) is 13.5. The van der Waals surface area contributed by atoms with E-state index in [1.165, 1.54) is 44.4 Å². The zero-order valence-corrected chi connectivity index (χ0v) is 15.1. The average Bonchev–Trinajstić information content (AvgIpc) is 2.52. The van der Waals surface area contributed by atoms with Crippen LogP contribution in [0.1, 0.15) is 15.9 Å². The molecule has 23 heavy (non-hydrogen) atoms. The van der Waals surface area contributed by atoms with Crippen LogP contribution >= 0.6 is 15.9 Å². The Labute approximate surface area is 144 Å². The van der Waals surface area contributed by atoms with Crippen molar-refractivity contribution in [2.45, 2.75) is 4.90 Å². The van der Waals surface area contributed by atoms with Gasteiger partial charge in [0.25, 0.3) is 0 Å². The van der Waals surface area contributed by atoms with Crippen LogP contribution in [0.5, 0.6) is 0 Å². The number of ketones is 1. The standard InChI is InChI=1S/C17H16BrNO3S/c1-19(2)23(21,22)16-9-7-14(8-10-16)17(20)11-6-13-4-3-5-15(18)12-13/h3-12H,1-2H3. The molecule has 0 unspecified atom stereocenters. The molecule has 0 saturated heterocycles. The summed E-state index contributed by atoms with van der Waals surface area (Å²) in [4.78, 5) is 12.3. The van der Waals surface area contributed by atoms with Gasteiger partial charge in [0, 0.05) is 24.1 Å². The van der Waals surface area contributed by atoms with Gasteiger partial charge in [0.1, 0.15) is 0 Å². The summed E-state index contributed by atoms with van der Waals surface area (Å²) in [5, 5.41) is 0. The van der Waals surface area contributed by atoms with Gasteiger partial charge in [-0.15, -0.1) is 0 Å². The monoisotopic (exact) mass is 393 g/mol. The van der Waals surface area contributed by atoms with Crippen LogP contribution in [-0.4, -0.2) is 32.6 Å². The summed E-state index contributed by atoms with van der Waals surface area (Å²) in [5.74, 6) is -0.182. The van der Waals surface area contributed by atoms with Crippen molar-refractivity contribution in [2.24, 2.45) is 0 Å². The minimum absolute atomic E-state index is 0.162. The highest BCUT2D eigenvalue weighted by atomic mass is 79.9. The first kappa shape index (κ1) is 17.6. The van der Waals surface area contributed by atoms with Crippen molar-refractivity contribution in [2.75, 3.05) is 14.1 Å². The van der Waals surface area contributed by atoms with Gasteiger partial charge in [0.05, 0.1) is 4.90 Å². The van der Waals surface area contributed by atoms with Crippen LogP contribution in [0.15, 0.2) is 64.0 Å². The van der Waals surface area contributed by atoms with Gasteiger partial charge < -0.3 is 0 Å². The van der Waals surface area contributed by atoms with Gasteiger partial charge in [-0.25, -0.2) is 12.7 Å². The summed E-state index contributed by atoms with van der Waals surface area (Å²) in [6.07, 6.45) is 3.19. The Kier molecular flexibility index (Phi) is 5.51. The predicted octanol–water partition coefficient (Wildman–Crippen LogP) is 3.60. The van der Waals surface area contributed by atoms with Gasteiger partial charge in [-0.1, -0.05) is 34.1 Å². The molecular weight excluding hydrogens is 378 g/mol. The number of carbonyl (C=O) groups excluding carboxylic acids is 1. The first-order chi connectivity index (χ1) is 10.8. The first-order valence-corrected chi connectivity index (χ1v) is 9.04. The molecule has 120 valence electrons. The fraction of sp³-hybridized carbons (Fsp3) is 0.118. The number of nitrogens with zero attached hydrogens (tertiary/aromatic N) is 1. The lowest BCUT2D eigenvalue weighted by atomic mass is 10.1. The van der Waals surface area contributed by atoms with Crippen molar-refractivity contribution in [1.29, 1.82) is 0 Å². The Morgan fingerprint density at radius 1 is 1.09 bits per heavy atom. The molecule has 0 heterocycles. The highest BCUT2D eigenvalue weighted by Crippen LogP contribution is 2.16. The molecule has 0 aliphatic carbocycles. The fourth-order valence-corrected chi connectivity index (χ4v) is 3.20. The Morgan fingerprint density at radius 2 is 1.74 bits per heavy atom. The second-order valence-electron chi connectivity index (χ2n) is 5.06. The van der Waals surface area contributed by atoms with Gasteiger partial charge >= 0.3 is 0 Å². The molecule has 2 rings (SSSR count). The fourth-order valence-electron chi connectivity index (χ4n) is 1.88. The normalized spacial score (nSPS) is 12.0. The van der Waals surface area contributed by atoms with E-state index in [9.17, 15) is 13.2 Å². The molecule has 2 aromatic rings. The van der Waals surface area contributed by atoms with Crippen molar-refractivity contribution in [3.63, 3.8) is 0 Å². The van der Waals surface area contributed by atoms with Crippen molar-refractivity contribution in [1.82, 2.24) is 4.31 Å². The minimum atomic E-state index is -3.48. The molecule has 2 aromatic carbocycles. The number of rotatable bonds is 5. The third-order valence-electron chi connectivity index (χ3n) is 3.19. The van der Waals surface area contributed by atoms with E-state index in [1.54, 1.807) is 6.08 Å². The van der Waals surface area contributed by atoms with Crippen molar-refractivity contribution in [3.05, 3.63) is 70.2 Å². The molecule has 0 aliphatic rings. The van der Waals surface area contributed by atoms with Crippen LogP contribution in [-0.2, 0) is 10.0 Å². The van der Waals surface area contributed by atoms with Crippen LogP contribution in [0, 0.1) is 0 Å². The lowest BCUT2D eigenvalue weighted by molar-refractivity contribution is 0.104. The molecule has 0 spiro atoms. The highest BCUT2D eigenvalue weighted by Gasteiger charge is 2.17. The van der Waals surface area contributed by atoms with E-state index in [0.29, 0.717) is 5.56 Å². The second kappa shape index (κ2) is 7.21. The number of allylic oxidation sites excluding steroid dienone is 1. The molecule has 0 saturated carbocycles. The van der Waals surface area contributed by atoms with Gasteiger partial charge in [0.15, 0.2) is 5.78 Å². The summed E-state index contributed by atoms with van der Waals surface area (Å²) < 4.78 is 26.0. The summed E-state index contributed by atoms with van der Waals surface area (Å²) in [5.41, 5.74) is 1.34. The van der Waals surface area contributed by atoms with Crippen LogP contribution < -0.4 is 0 Å². The molecule has 0 atom stereocenters. The largest absolute Gasteiger partial charge is 0.289 e. The van der Waals surface area contributed by atoms with E-state index in [1.807, 2.05) is 24.3 Å². The molecule has 0 amide bonds. The third kappa shape index (κ3) is 4.37.